The van der Waals surface area contributed by atoms with Gasteiger partial charge in [0.05, 0.1) is 19.2 Å². The normalized spacial score (nSPS) is 13.2. The van der Waals surface area contributed by atoms with Crippen LogP contribution >= 0.6 is 0 Å². The molecule has 7 heteroatoms. The summed E-state index contributed by atoms with van der Waals surface area (Å²) in [5.41, 5.74) is 5.90. The quantitative estimate of drug-likeness (QED) is 0.715. The van der Waals surface area contributed by atoms with Gasteiger partial charge in [0.1, 0.15) is 0 Å². The number of para-hydroxylation sites is 1. The molecular weight excluding hydrogens is 368 g/mol. The number of aromatic amines is 1. The van der Waals surface area contributed by atoms with Crippen LogP contribution in [0.2, 0.25) is 0 Å². The van der Waals surface area contributed by atoms with Gasteiger partial charge >= 0.3 is 6.09 Å². The molecule has 3 aromatic rings. The molecule has 0 fully saturated rings. The highest BCUT2D eigenvalue weighted by Crippen LogP contribution is 2.23. The number of aromatic nitrogens is 2. The Morgan fingerprint density at radius 1 is 1.28 bits per heavy atom. The van der Waals surface area contributed by atoms with Crippen molar-refractivity contribution in [2.24, 2.45) is 0 Å². The maximum Gasteiger partial charge on any atom is 0.409 e. The number of methoxy groups -OCH3 is 1. The molecule has 7 nitrogen and oxygen atoms in total. The Hall–Kier alpha value is -3.35. The lowest BCUT2D eigenvalue weighted by atomic mass is 9.97. The lowest BCUT2D eigenvalue weighted by molar-refractivity contribution is 0.0951. The summed E-state index contributed by atoms with van der Waals surface area (Å²) in [6.07, 6.45) is 4.33. The summed E-state index contributed by atoms with van der Waals surface area (Å²) in [4.78, 5) is 33.8. The lowest BCUT2D eigenvalue weighted by Crippen LogP contribution is -2.37. The van der Waals surface area contributed by atoms with Crippen LogP contribution in [-0.2, 0) is 24.1 Å². The first kappa shape index (κ1) is 19.0. The van der Waals surface area contributed by atoms with E-state index in [0.29, 0.717) is 31.6 Å². The van der Waals surface area contributed by atoms with Crippen molar-refractivity contribution in [3.63, 3.8) is 0 Å². The minimum absolute atomic E-state index is 0.127. The van der Waals surface area contributed by atoms with Crippen molar-refractivity contribution in [3.05, 3.63) is 64.6 Å². The Balaban J connectivity index is 1.44. The van der Waals surface area contributed by atoms with E-state index in [1.54, 1.807) is 17.3 Å². The second-order valence-corrected chi connectivity index (χ2v) is 7.25. The number of fused-ring (bicyclic) bond motifs is 2. The van der Waals surface area contributed by atoms with Crippen LogP contribution in [0.5, 0.6) is 0 Å². The van der Waals surface area contributed by atoms with Gasteiger partial charge < -0.3 is 19.9 Å². The van der Waals surface area contributed by atoms with Crippen LogP contribution < -0.4 is 5.32 Å². The minimum atomic E-state index is -0.361. The van der Waals surface area contributed by atoms with Gasteiger partial charge in [0.25, 0.3) is 5.91 Å². The molecule has 1 aliphatic heterocycles. The summed E-state index contributed by atoms with van der Waals surface area (Å²) in [5.74, 6) is -0.127. The van der Waals surface area contributed by atoms with Crippen LogP contribution in [0.1, 0.15) is 32.7 Å². The number of carbonyl (C=O) groups is 2. The number of carbonyl (C=O) groups excluding carboxylic acids is 2. The van der Waals surface area contributed by atoms with E-state index in [1.165, 1.54) is 18.1 Å². The van der Waals surface area contributed by atoms with Crippen LogP contribution in [0.3, 0.4) is 0 Å². The average molecular weight is 392 g/mol. The van der Waals surface area contributed by atoms with Crippen LogP contribution in [0.15, 0.2) is 36.7 Å². The van der Waals surface area contributed by atoms with Gasteiger partial charge in [-0.1, -0.05) is 18.2 Å². The lowest BCUT2D eigenvalue weighted by Gasteiger charge is -2.28. The van der Waals surface area contributed by atoms with E-state index in [2.05, 4.69) is 34.3 Å². The van der Waals surface area contributed by atoms with Crippen molar-refractivity contribution in [2.75, 3.05) is 20.2 Å². The summed E-state index contributed by atoms with van der Waals surface area (Å²) >= 11 is 0. The zero-order valence-corrected chi connectivity index (χ0v) is 16.6. The number of amides is 2. The fourth-order valence-electron chi connectivity index (χ4n) is 4.03. The zero-order chi connectivity index (χ0) is 20.4. The topological polar surface area (TPSA) is 87.3 Å². The van der Waals surface area contributed by atoms with Gasteiger partial charge in [-0.05, 0) is 42.5 Å². The van der Waals surface area contributed by atoms with E-state index < -0.39 is 0 Å². The fraction of sp³-hybridized carbons (Fsp3) is 0.318. The predicted octanol–water partition coefficient (Wildman–Crippen LogP) is 2.97. The summed E-state index contributed by atoms with van der Waals surface area (Å²) in [6.45, 7) is 3.53. The van der Waals surface area contributed by atoms with Gasteiger partial charge in [0, 0.05) is 42.1 Å². The summed E-state index contributed by atoms with van der Waals surface area (Å²) in [7, 11) is 1.37. The number of benzene rings is 1. The number of hydrogen-bond acceptors (Lipinski definition) is 4. The Kier molecular flexibility index (Phi) is 5.20. The van der Waals surface area contributed by atoms with Crippen LogP contribution in [0.25, 0.3) is 10.9 Å². The Labute approximate surface area is 169 Å². The first-order valence-electron chi connectivity index (χ1n) is 9.71. The van der Waals surface area contributed by atoms with E-state index in [-0.39, 0.29) is 12.0 Å². The molecule has 1 aromatic carbocycles. The standard InChI is InChI=1S/C22H24N4O3/c1-14-16(18-5-3-4-6-20(18)25-14)7-9-24-21(27)19-12-23-11-15-13-26(22(28)29-2)10-8-17(15)19/h3-6,11-12,25H,7-10,13H2,1-2H3,(H,24,27). The first-order chi connectivity index (χ1) is 14.1. The average Bonchev–Trinajstić information content (AvgIpc) is 3.07. The highest BCUT2D eigenvalue weighted by atomic mass is 16.5. The molecule has 0 aliphatic carbocycles. The largest absolute Gasteiger partial charge is 0.453 e. The molecule has 0 unspecified atom stereocenters. The molecule has 2 aromatic heterocycles. The van der Waals surface area contributed by atoms with Gasteiger partial charge in [-0.3, -0.25) is 9.78 Å². The molecule has 3 heterocycles. The molecular formula is C22H24N4O3. The molecule has 0 spiro atoms. The number of rotatable bonds is 4. The SMILES string of the molecule is COC(=O)N1CCc2c(cncc2C(=O)NCCc2c(C)[nH]c3ccccc23)C1. The van der Waals surface area contributed by atoms with Crippen molar-refractivity contribution in [3.8, 4) is 0 Å². The second kappa shape index (κ2) is 7.95. The Bertz CT molecular complexity index is 1070. The molecule has 2 N–H and O–H groups in total. The Morgan fingerprint density at radius 3 is 2.93 bits per heavy atom. The van der Waals surface area contributed by atoms with Gasteiger partial charge in [-0.25, -0.2) is 4.79 Å². The molecule has 0 saturated heterocycles. The number of ether oxygens (including phenoxy) is 1. The van der Waals surface area contributed by atoms with E-state index in [4.69, 9.17) is 4.74 Å². The van der Waals surface area contributed by atoms with Crippen molar-refractivity contribution in [2.45, 2.75) is 26.3 Å². The van der Waals surface area contributed by atoms with Crippen molar-refractivity contribution in [1.29, 1.82) is 0 Å². The number of nitrogens with zero attached hydrogens (tertiary/aromatic N) is 2. The van der Waals surface area contributed by atoms with E-state index in [0.717, 1.165) is 28.8 Å². The molecule has 150 valence electrons. The van der Waals surface area contributed by atoms with E-state index in [9.17, 15) is 9.59 Å². The van der Waals surface area contributed by atoms with Crippen molar-refractivity contribution < 1.29 is 14.3 Å². The van der Waals surface area contributed by atoms with E-state index in [1.807, 2.05) is 12.1 Å². The van der Waals surface area contributed by atoms with Crippen molar-refractivity contribution >= 4 is 22.9 Å². The molecule has 4 rings (SSSR count). The maximum atomic E-state index is 12.8. The minimum Gasteiger partial charge on any atom is -0.453 e. The molecule has 0 saturated carbocycles. The maximum absolute atomic E-state index is 12.8. The number of hydrogen-bond donors (Lipinski definition) is 2. The van der Waals surface area contributed by atoms with Crippen LogP contribution in [0.4, 0.5) is 4.79 Å². The monoisotopic (exact) mass is 392 g/mol. The highest BCUT2D eigenvalue weighted by molar-refractivity contribution is 5.96. The summed E-state index contributed by atoms with van der Waals surface area (Å²) in [6, 6.07) is 8.19. The van der Waals surface area contributed by atoms with Crippen LogP contribution in [-0.4, -0.2) is 47.1 Å². The highest BCUT2D eigenvalue weighted by Gasteiger charge is 2.25. The Morgan fingerprint density at radius 2 is 2.10 bits per heavy atom. The molecule has 0 radical (unpaired) electrons. The predicted molar refractivity (Wildman–Crippen MR) is 110 cm³/mol. The van der Waals surface area contributed by atoms with E-state index >= 15 is 0 Å². The molecule has 29 heavy (non-hydrogen) atoms. The third-order valence-corrected chi connectivity index (χ3v) is 5.50. The fourth-order valence-corrected chi connectivity index (χ4v) is 4.03. The van der Waals surface area contributed by atoms with Gasteiger partial charge in [-0.2, -0.15) is 0 Å². The summed E-state index contributed by atoms with van der Waals surface area (Å²) < 4.78 is 4.80. The van der Waals surface area contributed by atoms with Crippen molar-refractivity contribution in [1.82, 2.24) is 20.2 Å². The molecule has 2 amide bonds. The molecule has 1 aliphatic rings. The molecule has 0 bridgehead atoms. The third kappa shape index (κ3) is 3.68. The third-order valence-electron chi connectivity index (χ3n) is 5.50. The van der Waals surface area contributed by atoms with Crippen LogP contribution in [0, 0.1) is 6.92 Å². The number of nitrogens with one attached hydrogen (secondary N) is 2. The number of pyridine rings is 1. The summed E-state index contributed by atoms with van der Waals surface area (Å²) in [5, 5.41) is 4.22. The number of aryl methyl sites for hydroxylation is 1. The van der Waals surface area contributed by atoms with Gasteiger partial charge in [0.2, 0.25) is 0 Å². The zero-order valence-electron chi connectivity index (χ0n) is 16.6. The van der Waals surface area contributed by atoms with Gasteiger partial charge in [0.15, 0.2) is 0 Å². The number of H-pyrrole nitrogens is 1. The second-order valence-electron chi connectivity index (χ2n) is 7.25. The van der Waals surface area contributed by atoms with Gasteiger partial charge in [-0.15, -0.1) is 0 Å². The molecule has 0 atom stereocenters. The first-order valence-corrected chi connectivity index (χ1v) is 9.71. The smallest absolute Gasteiger partial charge is 0.409 e.